The summed E-state index contributed by atoms with van der Waals surface area (Å²) in [5.41, 5.74) is 2.77. The Bertz CT molecular complexity index is 842. The van der Waals surface area contributed by atoms with E-state index < -0.39 is 10.0 Å². The minimum Gasteiger partial charge on any atom is -0.368 e. The van der Waals surface area contributed by atoms with Crippen molar-refractivity contribution >= 4 is 21.5 Å². The van der Waals surface area contributed by atoms with E-state index in [9.17, 15) is 8.42 Å². The molecule has 134 valence electrons. The number of hydrogen-bond acceptors (Lipinski definition) is 5. The van der Waals surface area contributed by atoms with Gasteiger partial charge in [0.2, 0.25) is 0 Å². The number of anilines is 2. The van der Waals surface area contributed by atoms with Crippen LogP contribution in [0.25, 0.3) is 0 Å². The Labute approximate surface area is 149 Å². The third-order valence-corrected chi connectivity index (χ3v) is 5.99. The zero-order valence-electron chi connectivity index (χ0n) is 14.9. The van der Waals surface area contributed by atoms with Crippen LogP contribution in [0.3, 0.4) is 0 Å². The van der Waals surface area contributed by atoms with Gasteiger partial charge in [-0.3, -0.25) is 4.72 Å². The van der Waals surface area contributed by atoms with E-state index in [0.717, 1.165) is 43.0 Å². The van der Waals surface area contributed by atoms with Crippen molar-refractivity contribution in [2.24, 2.45) is 0 Å². The lowest BCUT2D eigenvalue weighted by atomic mass is 10.2. The van der Waals surface area contributed by atoms with Gasteiger partial charge in [0.1, 0.15) is 5.82 Å². The highest BCUT2D eigenvalue weighted by atomic mass is 32.2. The molecule has 1 saturated heterocycles. The zero-order valence-corrected chi connectivity index (χ0v) is 15.7. The molecule has 2 aromatic rings. The lowest BCUT2D eigenvalue weighted by Crippen LogP contribution is -2.44. The summed E-state index contributed by atoms with van der Waals surface area (Å²) in [6.07, 6.45) is 1.73. The molecule has 0 unspecified atom stereocenters. The standard InChI is InChI=1S/C18H24N4O2S/c1-14-4-6-17(15(2)12-14)25(23,24)20-18-7-5-16(13-19-18)22-10-8-21(3)9-11-22/h4-7,12-13H,8-11H2,1-3H3,(H,19,20). The second-order valence-electron chi connectivity index (χ2n) is 6.57. The molecule has 0 radical (unpaired) electrons. The average Bonchev–Trinajstić information content (AvgIpc) is 2.55. The summed E-state index contributed by atoms with van der Waals surface area (Å²) in [4.78, 5) is 9.11. The van der Waals surface area contributed by atoms with Gasteiger partial charge in [0, 0.05) is 26.2 Å². The summed E-state index contributed by atoms with van der Waals surface area (Å²) in [5, 5.41) is 0. The summed E-state index contributed by atoms with van der Waals surface area (Å²) in [6, 6.07) is 8.92. The number of hydrogen-bond donors (Lipinski definition) is 1. The molecule has 3 rings (SSSR count). The minimum atomic E-state index is -3.64. The molecule has 6 nitrogen and oxygen atoms in total. The monoisotopic (exact) mass is 360 g/mol. The number of aryl methyl sites for hydroxylation is 2. The topological polar surface area (TPSA) is 65.5 Å². The van der Waals surface area contributed by atoms with Crippen LogP contribution in [0.5, 0.6) is 0 Å². The number of benzene rings is 1. The maximum atomic E-state index is 12.6. The second kappa shape index (κ2) is 7.01. The molecule has 1 aromatic heterocycles. The number of nitrogens with one attached hydrogen (secondary N) is 1. The van der Waals surface area contributed by atoms with E-state index in [4.69, 9.17) is 0 Å². The van der Waals surface area contributed by atoms with Gasteiger partial charge in [-0.1, -0.05) is 17.7 Å². The molecule has 0 aliphatic carbocycles. The van der Waals surface area contributed by atoms with Crippen molar-refractivity contribution < 1.29 is 8.42 Å². The van der Waals surface area contributed by atoms with Crippen LogP contribution in [-0.4, -0.2) is 51.5 Å². The van der Waals surface area contributed by atoms with Crippen LogP contribution in [0.4, 0.5) is 11.5 Å². The van der Waals surface area contributed by atoms with E-state index in [-0.39, 0.29) is 4.90 Å². The number of piperazine rings is 1. The van der Waals surface area contributed by atoms with Gasteiger partial charge in [0.25, 0.3) is 10.0 Å². The molecule has 1 aliphatic heterocycles. The van der Waals surface area contributed by atoms with Gasteiger partial charge in [-0.25, -0.2) is 13.4 Å². The lowest BCUT2D eigenvalue weighted by Gasteiger charge is -2.33. The summed E-state index contributed by atoms with van der Waals surface area (Å²) in [7, 11) is -1.53. The Balaban J connectivity index is 1.74. The third-order valence-electron chi connectivity index (χ3n) is 4.48. The highest BCUT2D eigenvalue weighted by Gasteiger charge is 2.18. The first-order valence-corrected chi connectivity index (χ1v) is 9.83. The van der Waals surface area contributed by atoms with Gasteiger partial charge >= 0.3 is 0 Å². The maximum absolute atomic E-state index is 12.6. The van der Waals surface area contributed by atoms with E-state index in [1.807, 2.05) is 19.1 Å². The molecule has 2 heterocycles. The van der Waals surface area contributed by atoms with Crippen LogP contribution in [0.2, 0.25) is 0 Å². The highest BCUT2D eigenvalue weighted by molar-refractivity contribution is 7.92. The third kappa shape index (κ3) is 4.11. The van der Waals surface area contributed by atoms with Crippen molar-refractivity contribution in [1.82, 2.24) is 9.88 Å². The molecule has 0 bridgehead atoms. The molecular formula is C18H24N4O2S. The molecule has 1 aliphatic rings. The number of aromatic nitrogens is 1. The first-order valence-electron chi connectivity index (χ1n) is 8.35. The number of likely N-dealkylation sites (N-methyl/N-ethyl adjacent to an activating group) is 1. The Morgan fingerprint density at radius 1 is 1.04 bits per heavy atom. The maximum Gasteiger partial charge on any atom is 0.263 e. The van der Waals surface area contributed by atoms with Gasteiger partial charge in [-0.15, -0.1) is 0 Å². The summed E-state index contributed by atoms with van der Waals surface area (Å²) < 4.78 is 27.7. The molecule has 0 spiro atoms. The van der Waals surface area contributed by atoms with E-state index in [2.05, 4.69) is 26.6 Å². The van der Waals surface area contributed by atoms with Crippen LogP contribution < -0.4 is 9.62 Å². The summed E-state index contributed by atoms with van der Waals surface area (Å²) in [6.45, 7) is 7.67. The molecule has 7 heteroatoms. The Hall–Kier alpha value is -2.12. The predicted molar refractivity (Wildman–Crippen MR) is 101 cm³/mol. The van der Waals surface area contributed by atoms with E-state index >= 15 is 0 Å². The minimum absolute atomic E-state index is 0.281. The fourth-order valence-corrected chi connectivity index (χ4v) is 4.23. The molecule has 1 aromatic carbocycles. The van der Waals surface area contributed by atoms with Crippen molar-refractivity contribution in [3.8, 4) is 0 Å². The van der Waals surface area contributed by atoms with E-state index in [1.54, 1.807) is 31.3 Å². The number of nitrogens with zero attached hydrogens (tertiary/aromatic N) is 3. The van der Waals surface area contributed by atoms with E-state index in [1.165, 1.54) is 0 Å². The van der Waals surface area contributed by atoms with Gasteiger partial charge in [0.15, 0.2) is 0 Å². The van der Waals surface area contributed by atoms with Crippen LogP contribution in [-0.2, 0) is 10.0 Å². The van der Waals surface area contributed by atoms with Crippen LogP contribution in [0, 0.1) is 13.8 Å². The lowest BCUT2D eigenvalue weighted by molar-refractivity contribution is 0.313. The number of sulfonamides is 1. The Kier molecular flexibility index (Phi) is 4.96. The largest absolute Gasteiger partial charge is 0.368 e. The molecule has 0 saturated carbocycles. The molecule has 1 N–H and O–H groups in total. The summed E-state index contributed by atoms with van der Waals surface area (Å²) >= 11 is 0. The summed E-state index contributed by atoms with van der Waals surface area (Å²) in [5.74, 6) is 0.331. The van der Waals surface area contributed by atoms with Crippen molar-refractivity contribution in [1.29, 1.82) is 0 Å². The second-order valence-corrected chi connectivity index (χ2v) is 8.22. The van der Waals surface area contributed by atoms with Crippen LogP contribution in [0.15, 0.2) is 41.4 Å². The molecule has 1 fully saturated rings. The fraction of sp³-hybridized carbons (Fsp3) is 0.389. The fourth-order valence-electron chi connectivity index (χ4n) is 2.99. The van der Waals surface area contributed by atoms with E-state index in [0.29, 0.717) is 5.82 Å². The Morgan fingerprint density at radius 2 is 1.76 bits per heavy atom. The molecular weight excluding hydrogens is 336 g/mol. The quantitative estimate of drug-likeness (QED) is 0.906. The average molecular weight is 360 g/mol. The predicted octanol–water partition coefficient (Wildman–Crippen LogP) is 2.25. The highest BCUT2D eigenvalue weighted by Crippen LogP contribution is 2.21. The molecule has 25 heavy (non-hydrogen) atoms. The number of pyridine rings is 1. The van der Waals surface area contributed by atoms with Crippen molar-refractivity contribution in [2.75, 3.05) is 42.8 Å². The first kappa shape index (κ1) is 17.7. The SMILES string of the molecule is Cc1ccc(S(=O)(=O)Nc2ccc(N3CCN(C)CC3)cn2)c(C)c1. The molecule has 0 atom stereocenters. The van der Waals surface area contributed by atoms with Crippen molar-refractivity contribution in [3.63, 3.8) is 0 Å². The van der Waals surface area contributed by atoms with Crippen LogP contribution in [0.1, 0.15) is 11.1 Å². The smallest absolute Gasteiger partial charge is 0.263 e. The van der Waals surface area contributed by atoms with Crippen molar-refractivity contribution in [2.45, 2.75) is 18.7 Å². The van der Waals surface area contributed by atoms with Gasteiger partial charge < -0.3 is 9.80 Å². The number of rotatable bonds is 4. The normalized spacial score (nSPS) is 16.0. The van der Waals surface area contributed by atoms with Crippen LogP contribution >= 0.6 is 0 Å². The Morgan fingerprint density at radius 3 is 2.36 bits per heavy atom. The first-order chi connectivity index (χ1) is 11.8. The van der Waals surface area contributed by atoms with Gasteiger partial charge in [0.05, 0.1) is 16.8 Å². The van der Waals surface area contributed by atoms with Gasteiger partial charge in [-0.05, 0) is 44.7 Å². The van der Waals surface area contributed by atoms with Gasteiger partial charge in [-0.2, -0.15) is 0 Å². The van der Waals surface area contributed by atoms with Crippen molar-refractivity contribution in [3.05, 3.63) is 47.7 Å². The zero-order chi connectivity index (χ0) is 18.0. The molecule has 0 amide bonds.